The van der Waals surface area contributed by atoms with Crippen LogP contribution in [-0.2, 0) is 11.2 Å². The van der Waals surface area contributed by atoms with Crippen LogP contribution in [0.4, 0.5) is 0 Å². The number of thioether (sulfide) groups is 1. The molecule has 1 rings (SSSR count). The number of hydrogen-bond donors (Lipinski definition) is 0. The van der Waals surface area contributed by atoms with Gasteiger partial charge in [-0.05, 0) is 12.0 Å². The van der Waals surface area contributed by atoms with Gasteiger partial charge in [0.2, 0.25) is 0 Å². The molecule has 0 atom stereocenters. The van der Waals surface area contributed by atoms with Crippen LogP contribution in [0, 0.1) is 0 Å². The lowest BCUT2D eigenvalue weighted by atomic mass is 10.1. The van der Waals surface area contributed by atoms with E-state index in [1.165, 1.54) is 17.3 Å². The molecule has 0 radical (unpaired) electrons. The van der Waals surface area contributed by atoms with Gasteiger partial charge in [-0.3, -0.25) is 4.79 Å². The first-order valence-electron chi connectivity index (χ1n) is 4.92. The fraction of sp³-hybridized carbons (Fsp3) is 0.417. The Kier molecular flexibility index (Phi) is 4.74. The molecule has 0 aliphatic carbocycles. The van der Waals surface area contributed by atoms with Crippen molar-refractivity contribution < 1.29 is 4.79 Å². The first kappa shape index (κ1) is 11.3. The van der Waals surface area contributed by atoms with Gasteiger partial charge >= 0.3 is 0 Å². The Morgan fingerprint density at radius 3 is 2.50 bits per heavy atom. The van der Waals surface area contributed by atoms with Gasteiger partial charge in [-0.15, -0.1) is 0 Å². The third-order valence-electron chi connectivity index (χ3n) is 1.83. The first-order valence-corrected chi connectivity index (χ1v) is 5.80. The van der Waals surface area contributed by atoms with E-state index in [9.17, 15) is 4.79 Å². The van der Waals surface area contributed by atoms with E-state index in [4.69, 9.17) is 0 Å². The highest BCUT2D eigenvalue weighted by Crippen LogP contribution is 2.14. The van der Waals surface area contributed by atoms with E-state index in [1.54, 1.807) is 0 Å². The Morgan fingerprint density at radius 2 is 1.93 bits per heavy atom. The third-order valence-corrected chi connectivity index (χ3v) is 2.77. The Morgan fingerprint density at radius 1 is 1.29 bits per heavy atom. The highest BCUT2D eigenvalue weighted by molar-refractivity contribution is 8.14. The minimum Gasteiger partial charge on any atom is -0.287 e. The predicted octanol–water partition coefficient (Wildman–Crippen LogP) is 3.29. The van der Waals surface area contributed by atoms with Gasteiger partial charge in [0.25, 0.3) is 0 Å². The van der Waals surface area contributed by atoms with Gasteiger partial charge < -0.3 is 0 Å². The summed E-state index contributed by atoms with van der Waals surface area (Å²) in [7, 11) is 0. The Balaban J connectivity index is 2.31. The number of hydrogen-bond acceptors (Lipinski definition) is 2. The molecule has 0 bridgehead atoms. The smallest absolute Gasteiger partial charge is 0.189 e. The molecule has 0 unspecified atom stereocenters. The number of carbonyl (C=O) groups excluding carboxylic acids is 1. The lowest BCUT2D eigenvalue weighted by Crippen LogP contribution is -1.99. The maximum Gasteiger partial charge on any atom is 0.189 e. The Labute approximate surface area is 89.9 Å². The van der Waals surface area contributed by atoms with Crippen molar-refractivity contribution in [3.63, 3.8) is 0 Å². The minimum absolute atomic E-state index is 0.295. The zero-order valence-corrected chi connectivity index (χ0v) is 9.51. The Hall–Kier alpha value is -0.760. The van der Waals surface area contributed by atoms with Crippen molar-refractivity contribution >= 4 is 16.9 Å². The fourth-order valence-corrected chi connectivity index (χ4v) is 1.96. The van der Waals surface area contributed by atoms with E-state index in [0.29, 0.717) is 16.8 Å². The van der Waals surface area contributed by atoms with Crippen molar-refractivity contribution in [2.75, 3.05) is 0 Å². The van der Waals surface area contributed by atoms with E-state index in [-0.39, 0.29) is 0 Å². The zero-order valence-electron chi connectivity index (χ0n) is 8.69. The lowest BCUT2D eigenvalue weighted by Gasteiger charge is -2.03. The van der Waals surface area contributed by atoms with Gasteiger partial charge in [0.05, 0.1) is 0 Å². The maximum atomic E-state index is 11.4. The number of carbonyl (C=O) groups is 1. The van der Waals surface area contributed by atoms with Gasteiger partial charge in [0.15, 0.2) is 5.12 Å². The van der Waals surface area contributed by atoms with E-state index >= 15 is 0 Å². The van der Waals surface area contributed by atoms with Crippen LogP contribution in [0.2, 0.25) is 0 Å². The highest BCUT2D eigenvalue weighted by atomic mass is 32.2. The molecule has 0 aliphatic heterocycles. The molecule has 1 aromatic rings. The van der Waals surface area contributed by atoms with Gasteiger partial charge in [0.1, 0.15) is 0 Å². The molecule has 0 N–H and O–H groups in total. The summed E-state index contributed by atoms with van der Waals surface area (Å²) in [5.41, 5.74) is 1.24. The molecular formula is C12H16OS. The summed E-state index contributed by atoms with van der Waals surface area (Å²) in [4.78, 5) is 11.4. The van der Waals surface area contributed by atoms with Crippen LogP contribution in [0.3, 0.4) is 0 Å². The van der Waals surface area contributed by atoms with E-state index in [2.05, 4.69) is 12.1 Å². The predicted molar refractivity (Wildman–Crippen MR) is 62.5 cm³/mol. The largest absolute Gasteiger partial charge is 0.287 e. The summed E-state index contributed by atoms with van der Waals surface area (Å²) in [6, 6.07) is 10.1. The molecule has 1 nitrogen and oxygen atoms in total. The van der Waals surface area contributed by atoms with Crippen LogP contribution in [0.25, 0.3) is 0 Å². The number of aryl methyl sites for hydroxylation is 1. The van der Waals surface area contributed by atoms with Crippen LogP contribution in [0.1, 0.15) is 25.8 Å². The lowest BCUT2D eigenvalue weighted by molar-refractivity contribution is -0.110. The maximum absolute atomic E-state index is 11.4. The zero-order chi connectivity index (χ0) is 10.4. The molecule has 0 aliphatic rings. The average Bonchev–Trinajstić information content (AvgIpc) is 2.15. The highest BCUT2D eigenvalue weighted by Gasteiger charge is 2.05. The van der Waals surface area contributed by atoms with Crippen LogP contribution in [-0.4, -0.2) is 10.4 Å². The SMILES string of the molecule is CC(C)SC(=O)CCc1ccccc1. The molecule has 2 heteroatoms. The van der Waals surface area contributed by atoms with Crippen molar-refractivity contribution in [1.29, 1.82) is 0 Å². The second-order valence-electron chi connectivity index (χ2n) is 3.52. The Bertz CT molecular complexity index is 280. The first-order chi connectivity index (χ1) is 6.68. The molecule has 1 aromatic carbocycles. The summed E-state index contributed by atoms with van der Waals surface area (Å²) in [6.45, 7) is 4.09. The van der Waals surface area contributed by atoms with Gasteiger partial charge in [-0.1, -0.05) is 55.9 Å². The second-order valence-corrected chi connectivity index (χ2v) is 5.16. The molecule has 76 valence electrons. The third kappa shape index (κ3) is 4.47. The molecule has 14 heavy (non-hydrogen) atoms. The fourth-order valence-electron chi connectivity index (χ4n) is 1.21. The molecule has 0 saturated carbocycles. The minimum atomic E-state index is 0.295. The van der Waals surface area contributed by atoms with E-state index in [0.717, 1.165) is 6.42 Å². The summed E-state index contributed by atoms with van der Waals surface area (Å²) in [5.74, 6) is 0. The van der Waals surface area contributed by atoms with Crippen molar-refractivity contribution in [1.82, 2.24) is 0 Å². The standard InChI is InChI=1S/C12H16OS/c1-10(2)14-12(13)9-8-11-6-4-3-5-7-11/h3-7,10H,8-9H2,1-2H3. The van der Waals surface area contributed by atoms with Crippen molar-refractivity contribution in [2.24, 2.45) is 0 Å². The molecule has 0 amide bonds. The quantitative estimate of drug-likeness (QED) is 0.755. The molecule has 0 aromatic heterocycles. The van der Waals surface area contributed by atoms with Crippen molar-refractivity contribution in [3.8, 4) is 0 Å². The van der Waals surface area contributed by atoms with Crippen LogP contribution >= 0.6 is 11.8 Å². The second kappa shape index (κ2) is 5.86. The van der Waals surface area contributed by atoms with Crippen LogP contribution < -0.4 is 0 Å². The summed E-state index contributed by atoms with van der Waals surface area (Å²) >= 11 is 1.43. The van der Waals surface area contributed by atoms with Crippen molar-refractivity contribution in [2.45, 2.75) is 31.9 Å². The van der Waals surface area contributed by atoms with Crippen LogP contribution in [0.15, 0.2) is 30.3 Å². The van der Waals surface area contributed by atoms with Gasteiger partial charge in [-0.25, -0.2) is 0 Å². The van der Waals surface area contributed by atoms with Crippen LogP contribution in [0.5, 0.6) is 0 Å². The number of benzene rings is 1. The molecule has 0 saturated heterocycles. The monoisotopic (exact) mass is 208 g/mol. The molecular weight excluding hydrogens is 192 g/mol. The number of rotatable bonds is 4. The van der Waals surface area contributed by atoms with E-state index in [1.807, 2.05) is 32.0 Å². The topological polar surface area (TPSA) is 17.1 Å². The van der Waals surface area contributed by atoms with E-state index < -0.39 is 0 Å². The van der Waals surface area contributed by atoms with Gasteiger partial charge in [-0.2, -0.15) is 0 Å². The molecule has 0 heterocycles. The molecule has 0 spiro atoms. The molecule has 0 fully saturated rings. The average molecular weight is 208 g/mol. The normalized spacial score (nSPS) is 10.5. The summed E-state index contributed by atoms with van der Waals surface area (Å²) < 4.78 is 0. The van der Waals surface area contributed by atoms with Crippen molar-refractivity contribution in [3.05, 3.63) is 35.9 Å². The summed E-state index contributed by atoms with van der Waals surface area (Å²) in [6.07, 6.45) is 1.51. The summed E-state index contributed by atoms with van der Waals surface area (Å²) in [5, 5.41) is 0.696. The van der Waals surface area contributed by atoms with Gasteiger partial charge in [0, 0.05) is 11.7 Å².